The van der Waals surface area contributed by atoms with Gasteiger partial charge in [-0.05, 0) is 97.6 Å². The molecule has 2 aliphatic heterocycles. The van der Waals surface area contributed by atoms with Gasteiger partial charge in [0.1, 0.15) is 24.2 Å². The summed E-state index contributed by atoms with van der Waals surface area (Å²) in [6.45, 7) is 13.9. The maximum Gasteiger partial charge on any atom is 0.481 e. The van der Waals surface area contributed by atoms with Gasteiger partial charge in [0.15, 0.2) is 0 Å². The second-order valence-electron chi connectivity index (χ2n) is 20.4. The maximum absolute atomic E-state index is 14.5. The molecule has 2 aromatic rings. The van der Waals surface area contributed by atoms with Crippen molar-refractivity contribution in [1.29, 1.82) is 0 Å². The molecule has 67 heavy (non-hydrogen) atoms. The summed E-state index contributed by atoms with van der Waals surface area (Å²) in [6, 6.07) is 12.4. The average molecular weight is 929 g/mol. The van der Waals surface area contributed by atoms with Crippen LogP contribution in [0.4, 0.5) is 0 Å². The Morgan fingerprint density at radius 2 is 1.43 bits per heavy atom. The van der Waals surface area contributed by atoms with E-state index in [-0.39, 0.29) is 30.4 Å². The van der Waals surface area contributed by atoms with Gasteiger partial charge in [-0.1, -0.05) is 96.1 Å². The molecule has 364 valence electrons. The molecule has 3 saturated carbocycles. The molecule has 2 saturated heterocycles. The SMILES string of the molecule is CC(C)[C@H](NC(=O)[C@H](CCC(=O)O)NC(=O)[C@@H](N)CC(=O)O)C(=O)N[C@H](C(=O)N1CCC[C@H]1C(=O)N[C@@H](CCc1ccc(-c2ccccc2)cc1)B1O[C@@H]2C[C@@H]3C[C@H](C3(C)C)[C@]2(C)O1)C(C)C. The lowest BCUT2D eigenvalue weighted by Gasteiger charge is -2.64. The van der Waals surface area contributed by atoms with Crippen LogP contribution in [0.1, 0.15) is 105 Å². The average Bonchev–Trinajstić information content (AvgIpc) is 3.92. The van der Waals surface area contributed by atoms with Gasteiger partial charge in [-0.15, -0.1) is 0 Å². The van der Waals surface area contributed by atoms with Crippen molar-refractivity contribution in [1.82, 2.24) is 26.2 Å². The molecular weight excluding hydrogens is 859 g/mol. The van der Waals surface area contributed by atoms with Crippen molar-refractivity contribution in [3.8, 4) is 11.1 Å². The number of likely N-dealkylation sites (tertiary alicyclic amines) is 1. The highest BCUT2D eigenvalue weighted by atomic mass is 16.7. The van der Waals surface area contributed by atoms with Crippen LogP contribution >= 0.6 is 0 Å². The molecule has 0 unspecified atom stereocenters. The summed E-state index contributed by atoms with van der Waals surface area (Å²) < 4.78 is 13.6. The van der Waals surface area contributed by atoms with Crippen LogP contribution in [0.15, 0.2) is 54.6 Å². The first-order chi connectivity index (χ1) is 31.6. The molecule has 18 heteroatoms. The fourth-order valence-corrected chi connectivity index (χ4v) is 10.6. The number of amides is 5. The second-order valence-corrected chi connectivity index (χ2v) is 20.4. The van der Waals surface area contributed by atoms with E-state index < -0.39 is 109 Å². The number of nitrogens with two attached hydrogens (primary N) is 1. The molecular formula is C49H69BN6O11. The summed E-state index contributed by atoms with van der Waals surface area (Å²) in [5.41, 5.74) is 8.62. The topological polar surface area (TPSA) is 256 Å². The molecule has 0 aromatic heterocycles. The van der Waals surface area contributed by atoms with Gasteiger partial charge in [-0.3, -0.25) is 33.6 Å². The predicted octanol–water partition coefficient (Wildman–Crippen LogP) is 3.46. The number of carbonyl (C=O) groups excluding carboxylic acids is 5. The third-order valence-electron chi connectivity index (χ3n) is 14.8. The molecule has 3 aliphatic carbocycles. The van der Waals surface area contributed by atoms with Crippen molar-refractivity contribution in [2.24, 2.45) is 34.8 Å². The van der Waals surface area contributed by atoms with Gasteiger partial charge in [-0.2, -0.15) is 0 Å². The molecule has 5 amide bonds. The molecule has 5 aliphatic rings. The molecule has 0 radical (unpaired) electrons. The lowest BCUT2D eigenvalue weighted by Crippen LogP contribution is -2.65. The number of hydrogen-bond donors (Lipinski definition) is 7. The summed E-state index contributed by atoms with van der Waals surface area (Å²) in [6.07, 6.45) is 2.35. The van der Waals surface area contributed by atoms with Crippen molar-refractivity contribution in [2.45, 2.75) is 154 Å². The predicted molar refractivity (Wildman–Crippen MR) is 250 cm³/mol. The third-order valence-corrected chi connectivity index (χ3v) is 14.8. The Morgan fingerprint density at radius 1 is 0.791 bits per heavy atom. The number of carbonyl (C=O) groups is 7. The highest BCUT2D eigenvalue weighted by molar-refractivity contribution is 6.48. The van der Waals surface area contributed by atoms with Crippen LogP contribution in [-0.4, -0.2) is 118 Å². The lowest BCUT2D eigenvalue weighted by atomic mass is 9.43. The van der Waals surface area contributed by atoms with E-state index in [0.29, 0.717) is 37.5 Å². The Morgan fingerprint density at radius 3 is 2.04 bits per heavy atom. The van der Waals surface area contributed by atoms with E-state index in [0.717, 1.165) is 29.5 Å². The first kappa shape index (κ1) is 51.1. The Balaban J connectivity index is 1.15. The standard InChI is InChI=1S/C49H69BN6O11/c1-27(2)41(54-44(62)34(20-22-39(57)58)52-43(61)33(51)26-40(59)60)46(64)55-42(28(3)4)47(65)56-23-11-14-35(56)45(63)53-38(21-17-29-15-18-31(19-16-29)30-12-9-8-10-13-30)50-66-37-25-32-24-36(48(32,5)6)49(37,7)67-50/h8-10,12-13,15-16,18-19,27-28,32-38,41-42H,11,14,17,20-26,51H2,1-7H3,(H,52,61)(H,53,63)(H,54,62)(H,55,64)(H,57,58)(H,59,60)/t32-,33-,34-,35-,36+,37+,38-,41-,42-,49-/m0/s1. The zero-order valence-electron chi connectivity index (χ0n) is 39.8. The van der Waals surface area contributed by atoms with Crippen LogP contribution in [0, 0.1) is 29.1 Å². The quantitative estimate of drug-likeness (QED) is 0.0889. The number of nitrogens with one attached hydrogen (secondary N) is 4. The van der Waals surface area contributed by atoms with Crippen LogP contribution in [0.25, 0.3) is 11.1 Å². The van der Waals surface area contributed by atoms with E-state index in [1.54, 1.807) is 27.7 Å². The zero-order valence-corrected chi connectivity index (χ0v) is 39.8. The number of carboxylic acids is 2. The highest BCUT2D eigenvalue weighted by Crippen LogP contribution is 2.65. The third kappa shape index (κ3) is 11.7. The Kier molecular flexibility index (Phi) is 16.3. The van der Waals surface area contributed by atoms with Gasteiger partial charge in [0, 0.05) is 13.0 Å². The zero-order chi connectivity index (χ0) is 49.0. The minimum absolute atomic E-state index is 0.102. The number of carboxylic acid groups (broad SMARTS) is 2. The fourth-order valence-electron chi connectivity index (χ4n) is 10.6. The van der Waals surface area contributed by atoms with Crippen molar-refractivity contribution < 1.29 is 53.1 Å². The van der Waals surface area contributed by atoms with E-state index in [2.05, 4.69) is 78.4 Å². The monoisotopic (exact) mass is 929 g/mol. The van der Waals surface area contributed by atoms with Crippen LogP contribution in [0.3, 0.4) is 0 Å². The number of nitrogens with zero attached hydrogens (tertiary/aromatic N) is 1. The number of aryl methyl sites for hydroxylation is 1. The minimum Gasteiger partial charge on any atom is -0.481 e. The largest absolute Gasteiger partial charge is 0.481 e. The molecule has 17 nitrogen and oxygen atoms in total. The van der Waals surface area contributed by atoms with Gasteiger partial charge in [0.25, 0.3) is 0 Å². The summed E-state index contributed by atoms with van der Waals surface area (Å²) >= 11 is 0. The smallest absolute Gasteiger partial charge is 0.481 e. The molecule has 5 fully saturated rings. The first-order valence-corrected chi connectivity index (χ1v) is 23.8. The molecule has 8 N–H and O–H groups in total. The van der Waals surface area contributed by atoms with Crippen LogP contribution in [-0.2, 0) is 49.3 Å². The summed E-state index contributed by atoms with van der Waals surface area (Å²) in [7, 11) is -0.701. The summed E-state index contributed by atoms with van der Waals surface area (Å²) in [5.74, 6) is -6.63. The van der Waals surface area contributed by atoms with Crippen molar-refractivity contribution in [2.75, 3.05) is 6.54 Å². The first-order valence-electron chi connectivity index (χ1n) is 23.8. The number of benzene rings is 2. The highest BCUT2D eigenvalue weighted by Gasteiger charge is 2.68. The Bertz CT molecular complexity index is 2140. The number of hydrogen-bond acceptors (Lipinski definition) is 10. The van der Waals surface area contributed by atoms with Crippen molar-refractivity contribution in [3.05, 3.63) is 60.2 Å². The van der Waals surface area contributed by atoms with Gasteiger partial charge in [0.05, 0.1) is 30.1 Å². The van der Waals surface area contributed by atoms with E-state index >= 15 is 0 Å². The Hall–Kier alpha value is -5.33. The maximum atomic E-state index is 14.5. The van der Waals surface area contributed by atoms with Crippen molar-refractivity contribution >= 4 is 48.6 Å². The minimum atomic E-state index is -1.51. The van der Waals surface area contributed by atoms with Gasteiger partial charge in [0.2, 0.25) is 29.5 Å². The van der Waals surface area contributed by atoms with Crippen LogP contribution in [0.5, 0.6) is 0 Å². The fraction of sp³-hybridized carbons (Fsp3) is 0.612. The van der Waals surface area contributed by atoms with Crippen LogP contribution < -0.4 is 27.0 Å². The summed E-state index contributed by atoms with van der Waals surface area (Å²) in [5, 5.41) is 29.4. The van der Waals surface area contributed by atoms with E-state index in [4.69, 9.17) is 20.1 Å². The molecule has 2 heterocycles. The lowest BCUT2D eigenvalue weighted by molar-refractivity contribution is -0.199. The van der Waals surface area contributed by atoms with Gasteiger partial charge >= 0.3 is 19.1 Å². The van der Waals surface area contributed by atoms with E-state index in [1.165, 1.54) is 4.90 Å². The van der Waals surface area contributed by atoms with Crippen molar-refractivity contribution in [3.63, 3.8) is 0 Å². The summed E-state index contributed by atoms with van der Waals surface area (Å²) in [4.78, 5) is 93.3. The second kappa shape index (κ2) is 21.3. The molecule has 2 aromatic carbocycles. The molecule has 7 rings (SSSR count). The van der Waals surface area contributed by atoms with Crippen LogP contribution in [0.2, 0.25) is 0 Å². The molecule has 2 bridgehead atoms. The molecule has 0 spiro atoms. The van der Waals surface area contributed by atoms with Gasteiger partial charge < -0.3 is 51.4 Å². The molecule has 10 atom stereocenters. The number of aliphatic carboxylic acids is 2. The Labute approximate surface area is 393 Å². The van der Waals surface area contributed by atoms with E-state index in [1.807, 2.05) is 18.2 Å². The van der Waals surface area contributed by atoms with Gasteiger partial charge in [-0.25, -0.2) is 0 Å². The number of rotatable bonds is 21. The normalized spacial score (nSPS) is 24.9. The van der Waals surface area contributed by atoms with E-state index in [9.17, 15) is 38.7 Å².